The monoisotopic (exact) mass is 367 g/mol. The standard InChI is InChI=1S/C19H21N5OS/c1-14-12-20-6-5-17(14)23-7-2-8-24(10-9-23)19(25)22-15-3-4-16-18(11-15)26-13-21-16/h3-6,11-13H,2,7-10H2,1H3,(H,22,25). The van der Waals surface area contributed by atoms with Gasteiger partial charge in [-0.1, -0.05) is 0 Å². The van der Waals surface area contributed by atoms with E-state index in [1.54, 1.807) is 11.3 Å². The van der Waals surface area contributed by atoms with Gasteiger partial charge >= 0.3 is 6.03 Å². The number of hydrogen-bond acceptors (Lipinski definition) is 5. The molecule has 1 fully saturated rings. The molecular formula is C19H21N5OS. The Morgan fingerprint density at radius 2 is 2.12 bits per heavy atom. The smallest absolute Gasteiger partial charge is 0.321 e. The minimum absolute atomic E-state index is 0.0397. The fraction of sp³-hybridized carbons (Fsp3) is 0.316. The highest BCUT2D eigenvalue weighted by Gasteiger charge is 2.20. The number of pyridine rings is 1. The van der Waals surface area contributed by atoms with Crippen LogP contribution >= 0.6 is 11.3 Å². The number of aryl methyl sites for hydroxylation is 1. The minimum atomic E-state index is -0.0397. The van der Waals surface area contributed by atoms with Crippen LogP contribution < -0.4 is 10.2 Å². The van der Waals surface area contributed by atoms with Crippen LogP contribution in [0, 0.1) is 6.92 Å². The van der Waals surface area contributed by atoms with E-state index in [-0.39, 0.29) is 6.03 Å². The molecule has 3 aromatic rings. The van der Waals surface area contributed by atoms with Crippen molar-refractivity contribution in [2.45, 2.75) is 13.3 Å². The summed E-state index contributed by atoms with van der Waals surface area (Å²) in [6, 6.07) is 7.84. The molecule has 0 unspecified atom stereocenters. The predicted octanol–water partition coefficient (Wildman–Crippen LogP) is 3.74. The van der Waals surface area contributed by atoms with Gasteiger partial charge in [-0.15, -0.1) is 11.3 Å². The summed E-state index contributed by atoms with van der Waals surface area (Å²) >= 11 is 1.58. The number of nitrogens with one attached hydrogen (secondary N) is 1. The molecule has 2 aromatic heterocycles. The van der Waals surface area contributed by atoms with Gasteiger partial charge in [-0.2, -0.15) is 0 Å². The van der Waals surface area contributed by atoms with E-state index < -0.39 is 0 Å². The van der Waals surface area contributed by atoms with Crippen molar-refractivity contribution in [3.63, 3.8) is 0 Å². The van der Waals surface area contributed by atoms with Gasteiger partial charge in [0.25, 0.3) is 0 Å². The number of thiazole rings is 1. The molecule has 2 amide bonds. The van der Waals surface area contributed by atoms with Gasteiger partial charge in [0, 0.05) is 49.9 Å². The topological polar surface area (TPSA) is 61.4 Å². The second-order valence-electron chi connectivity index (χ2n) is 6.45. The van der Waals surface area contributed by atoms with Crippen LogP contribution in [0.15, 0.2) is 42.2 Å². The zero-order chi connectivity index (χ0) is 17.9. The molecule has 4 rings (SSSR count). The molecule has 7 heteroatoms. The third kappa shape index (κ3) is 3.48. The second kappa shape index (κ2) is 7.29. The Labute approximate surface area is 156 Å². The Hall–Kier alpha value is -2.67. The first-order chi connectivity index (χ1) is 12.7. The number of aromatic nitrogens is 2. The maximum Gasteiger partial charge on any atom is 0.321 e. The molecule has 134 valence electrons. The summed E-state index contributed by atoms with van der Waals surface area (Å²) in [5.74, 6) is 0. The summed E-state index contributed by atoms with van der Waals surface area (Å²) in [7, 11) is 0. The molecular weight excluding hydrogens is 346 g/mol. The first kappa shape index (κ1) is 16.8. The minimum Gasteiger partial charge on any atom is -0.369 e. The molecule has 0 spiro atoms. The SMILES string of the molecule is Cc1cnccc1N1CCCN(C(=O)Nc2ccc3ncsc3c2)CC1. The summed E-state index contributed by atoms with van der Waals surface area (Å²) in [4.78, 5) is 25.4. The molecule has 0 aliphatic carbocycles. The number of hydrogen-bond donors (Lipinski definition) is 1. The van der Waals surface area contributed by atoms with Gasteiger partial charge in [-0.3, -0.25) is 4.98 Å². The van der Waals surface area contributed by atoms with Gasteiger partial charge in [-0.25, -0.2) is 9.78 Å². The van der Waals surface area contributed by atoms with Crippen LogP contribution in [0.2, 0.25) is 0 Å². The lowest BCUT2D eigenvalue weighted by Crippen LogP contribution is -2.38. The number of carbonyl (C=O) groups excluding carboxylic acids is 1. The highest BCUT2D eigenvalue weighted by atomic mass is 32.1. The highest BCUT2D eigenvalue weighted by molar-refractivity contribution is 7.16. The Bertz CT molecular complexity index is 925. The van der Waals surface area contributed by atoms with Crippen LogP contribution in [0.5, 0.6) is 0 Å². The number of rotatable bonds is 2. The van der Waals surface area contributed by atoms with E-state index in [1.165, 1.54) is 11.3 Å². The van der Waals surface area contributed by atoms with Crippen molar-refractivity contribution >= 4 is 39.0 Å². The van der Waals surface area contributed by atoms with Gasteiger partial charge in [-0.05, 0) is 43.2 Å². The summed E-state index contributed by atoms with van der Waals surface area (Å²) in [6.45, 7) is 5.31. The Morgan fingerprint density at radius 3 is 3.00 bits per heavy atom. The van der Waals surface area contributed by atoms with Crippen LogP contribution in [-0.2, 0) is 0 Å². The average Bonchev–Trinajstić information content (AvgIpc) is 2.97. The second-order valence-corrected chi connectivity index (χ2v) is 7.34. The van der Waals surface area contributed by atoms with Crippen molar-refractivity contribution in [2.24, 2.45) is 0 Å². The fourth-order valence-electron chi connectivity index (χ4n) is 3.32. The van der Waals surface area contributed by atoms with E-state index in [0.29, 0.717) is 6.54 Å². The molecule has 0 bridgehead atoms. The molecule has 1 saturated heterocycles. The van der Waals surface area contributed by atoms with Gasteiger partial charge in [0.05, 0.1) is 15.7 Å². The van der Waals surface area contributed by atoms with E-state index in [9.17, 15) is 4.79 Å². The van der Waals surface area contributed by atoms with Gasteiger partial charge < -0.3 is 15.1 Å². The fourth-order valence-corrected chi connectivity index (χ4v) is 4.03. The Balaban J connectivity index is 1.41. The van der Waals surface area contributed by atoms with Crippen molar-refractivity contribution in [3.05, 3.63) is 47.7 Å². The lowest BCUT2D eigenvalue weighted by Gasteiger charge is -2.25. The third-order valence-corrected chi connectivity index (χ3v) is 5.49. The maximum atomic E-state index is 12.7. The molecule has 3 heterocycles. The normalized spacial score (nSPS) is 15.1. The largest absolute Gasteiger partial charge is 0.369 e. The summed E-state index contributed by atoms with van der Waals surface area (Å²) in [6.07, 6.45) is 4.66. The number of nitrogens with zero attached hydrogens (tertiary/aromatic N) is 4. The van der Waals surface area contributed by atoms with Gasteiger partial charge in [0.1, 0.15) is 0 Å². The molecule has 6 nitrogen and oxygen atoms in total. The summed E-state index contributed by atoms with van der Waals surface area (Å²) in [5.41, 5.74) is 5.98. The lowest BCUT2D eigenvalue weighted by molar-refractivity contribution is 0.215. The quantitative estimate of drug-likeness (QED) is 0.749. The zero-order valence-corrected chi connectivity index (χ0v) is 15.5. The number of urea groups is 1. The van der Waals surface area contributed by atoms with Crippen LogP contribution in [0.3, 0.4) is 0 Å². The van der Waals surface area contributed by atoms with Crippen LogP contribution in [0.4, 0.5) is 16.2 Å². The molecule has 1 N–H and O–H groups in total. The molecule has 0 atom stereocenters. The number of benzene rings is 1. The van der Waals surface area contributed by atoms with Crippen molar-refractivity contribution in [2.75, 3.05) is 36.4 Å². The van der Waals surface area contributed by atoms with Crippen LogP contribution in [-0.4, -0.2) is 47.1 Å². The van der Waals surface area contributed by atoms with Crippen molar-refractivity contribution in [3.8, 4) is 0 Å². The summed E-state index contributed by atoms with van der Waals surface area (Å²) < 4.78 is 1.08. The van der Waals surface area contributed by atoms with Crippen molar-refractivity contribution in [1.29, 1.82) is 0 Å². The van der Waals surface area contributed by atoms with Gasteiger partial charge in [0.15, 0.2) is 0 Å². The van der Waals surface area contributed by atoms with Gasteiger partial charge in [0.2, 0.25) is 0 Å². The Kier molecular flexibility index (Phi) is 4.71. The van der Waals surface area contributed by atoms with E-state index in [0.717, 1.165) is 42.0 Å². The molecule has 26 heavy (non-hydrogen) atoms. The van der Waals surface area contributed by atoms with E-state index in [2.05, 4.69) is 33.2 Å². The average molecular weight is 367 g/mol. The molecule has 1 aliphatic heterocycles. The molecule has 0 saturated carbocycles. The first-order valence-corrected chi connectivity index (χ1v) is 9.63. The van der Waals surface area contributed by atoms with E-state index in [4.69, 9.17) is 0 Å². The van der Waals surface area contributed by atoms with Crippen molar-refractivity contribution in [1.82, 2.24) is 14.9 Å². The molecule has 1 aromatic carbocycles. The number of amides is 2. The zero-order valence-electron chi connectivity index (χ0n) is 14.7. The number of fused-ring (bicyclic) bond motifs is 1. The highest BCUT2D eigenvalue weighted by Crippen LogP contribution is 2.23. The number of carbonyl (C=O) groups is 1. The first-order valence-electron chi connectivity index (χ1n) is 8.75. The van der Waals surface area contributed by atoms with Crippen molar-refractivity contribution < 1.29 is 4.79 Å². The van der Waals surface area contributed by atoms with Crippen LogP contribution in [0.25, 0.3) is 10.2 Å². The third-order valence-electron chi connectivity index (χ3n) is 4.70. The Morgan fingerprint density at radius 1 is 1.19 bits per heavy atom. The summed E-state index contributed by atoms with van der Waals surface area (Å²) in [5, 5.41) is 3.02. The predicted molar refractivity (Wildman–Crippen MR) is 106 cm³/mol. The molecule has 0 radical (unpaired) electrons. The molecule has 1 aliphatic rings. The lowest BCUT2D eigenvalue weighted by atomic mass is 10.2. The maximum absolute atomic E-state index is 12.7. The number of anilines is 2. The van der Waals surface area contributed by atoms with Crippen LogP contribution in [0.1, 0.15) is 12.0 Å². The van der Waals surface area contributed by atoms with E-state index in [1.807, 2.05) is 41.0 Å². The van der Waals surface area contributed by atoms with E-state index >= 15 is 0 Å².